The molecule has 6 heteroatoms. The number of carbonyl (C=O) groups excluding carboxylic acids is 2. The Morgan fingerprint density at radius 3 is 2.67 bits per heavy atom. The highest BCUT2D eigenvalue weighted by molar-refractivity contribution is 6.46. The number of ketones is 1. The normalized spacial score (nSPS) is 17.8. The van der Waals surface area contributed by atoms with Crippen molar-refractivity contribution in [2.24, 2.45) is 0 Å². The number of nitrogens with zero attached hydrogens (tertiary/aromatic N) is 1. The highest BCUT2D eigenvalue weighted by Gasteiger charge is 2.46. The maximum atomic E-state index is 13.0. The van der Waals surface area contributed by atoms with Crippen molar-refractivity contribution in [1.29, 1.82) is 0 Å². The number of hydrogen-bond donors (Lipinski definition) is 1. The van der Waals surface area contributed by atoms with Crippen LogP contribution in [0.4, 0.5) is 0 Å². The fraction of sp³-hybridized carbons (Fsp3) is 0.250. The summed E-state index contributed by atoms with van der Waals surface area (Å²) in [4.78, 5) is 27.2. The molecule has 1 N–H and O–H groups in total. The number of rotatable bonds is 8. The Hall–Kier alpha value is -3.54. The van der Waals surface area contributed by atoms with Crippen molar-refractivity contribution in [3.63, 3.8) is 0 Å². The second kappa shape index (κ2) is 9.31. The number of aliphatic hydroxyl groups is 1. The monoisotopic (exact) mass is 407 g/mol. The van der Waals surface area contributed by atoms with Gasteiger partial charge < -0.3 is 19.5 Å². The molecule has 156 valence electrons. The van der Waals surface area contributed by atoms with Crippen LogP contribution in [0.15, 0.2) is 66.8 Å². The van der Waals surface area contributed by atoms with E-state index in [9.17, 15) is 14.7 Å². The van der Waals surface area contributed by atoms with Gasteiger partial charge in [-0.2, -0.15) is 0 Å². The number of methoxy groups -OCH3 is 1. The van der Waals surface area contributed by atoms with Crippen LogP contribution < -0.4 is 9.47 Å². The van der Waals surface area contributed by atoms with E-state index in [1.165, 1.54) is 12.0 Å². The maximum Gasteiger partial charge on any atom is 0.295 e. The van der Waals surface area contributed by atoms with Crippen LogP contribution >= 0.6 is 0 Å². The Bertz CT molecular complexity index is 995. The van der Waals surface area contributed by atoms with Crippen molar-refractivity contribution in [1.82, 2.24) is 4.90 Å². The minimum absolute atomic E-state index is 0.0406. The largest absolute Gasteiger partial charge is 0.507 e. The second-order valence-electron chi connectivity index (χ2n) is 6.86. The van der Waals surface area contributed by atoms with Gasteiger partial charge in [0.15, 0.2) is 0 Å². The van der Waals surface area contributed by atoms with Gasteiger partial charge in [-0.25, -0.2) is 0 Å². The fourth-order valence-electron chi connectivity index (χ4n) is 3.61. The number of hydrogen-bond acceptors (Lipinski definition) is 5. The molecule has 0 saturated carbocycles. The first-order chi connectivity index (χ1) is 14.5. The Morgan fingerprint density at radius 2 is 1.97 bits per heavy atom. The lowest BCUT2D eigenvalue weighted by Crippen LogP contribution is -2.30. The lowest BCUT2D eigenvalue weighted by molar-refractivity contribution is -0.139. The van der Waals surface area contributed by atoms with Crippen LogP contribution in [0.3, 0.4) is 0 Å². The van der Waals surface area contributed by atoms with Gasteiger partial charge in [-0.05, 0) is 36.2 Å². The van der Waals surface area contributed by atoms with Gasteiger partial charge in [0.05, 0.1) is 24.3 Å². The zero-order chi connectivity index (χ0) is 21.7. The first kappa shape index (κ1) is 21.2. The highest BCUT2D eigenvalue weighted by atomic mass is 16.5. The zero-order valence-corrected chi connectivity index (χ0v) is 17.1. The molecule has 1 heterocycles. The molecule has 0 aliphatic carbocycles. The summed E-state index contributed by atoms with van der Waals surface area (Å²) in [7, 11) is 1.49. The van der Waals surface area contributed by atoms with Crippen LogP contribution in [0, 0.1) is 0 Å². The van der Waals surface area contributed by atoms with Crippen molar-refractivity contribution in [3.05, 3.63) is 77.9 Å². The molecule has 0 aromatic heterocycles. The molecule has 1 atom stereocenters. The summed E-state index contributed by atoms with van der Waals surface area (Å²) in [5, 5.41) is 11.1. The number of para-hydroxylation sites is 1. The molecule has 30 heavy (non-hydrogen) atoms. The fourth-order valence-corrected chi connectivity index (χ4v) is 3.61. The van der Waals surface area contributed by atoms with E-state index in [0.29, 0.717) is 42.2 Å². The molecule has 3 rings (SSSR count). The van der Waals surface area contributed by atoms with E-state index in [-0.39, 0.29) is 11.3 Å². The summed E-state index contributed by atoms with van der Waals surface area (Å²) in [5.41, 5.74) is 1.08. The number of benzene rings is 2. The molecule has 1 saturated heterocycles. The summed E-state index contributed by atoms with van der Waals surface area (Å²) < 4.78 is 10.9. The number of likely N-dealkylation sites (tertiary alicyclic amines) is 1. The van der Waals surface area contributed by atoms with Crippen molar-refractivity contribution in [2.45, 2.75) is 19.4 Å². The van der Waals surface area contributed by atoms with Gasteiger partial charge in [-0.3, -0.25) is 9.59 Å². The quantitative estimate of drug-likeness (QED) is 0.309. The number of Topliss-reactive ketones (excluding diaryl/α,β-unsaturated/α-hetero) is 1. The van der Waals surface area contributed by atoms with Crippen LogP contribution in [0.1, 0.15) is 30.5 Å². The van der Waals surface area contributed by atoms with E-state index in [0.717, 1.165) is 0 Å². The predicted molar refractivity (Wildman–Crippen MR) is 114 cm³/mol. The molecule has 1 unspecified atom stereocenters. The SMILES string of the molecule is C=CCOc1cccc(C2/C(=C(/O)c3ccccc3OC)C(=O)C(=O)N2CCC)c1. The molecule has 0 spiro atoms. The van der Waals surface area contributed by atoms with Gasteiger partial charge in [0.25, 0.3) is 11.7 Å². The number of aliphatic hydroxyl groups excluding tert-OH is 1. The van der Waals surface area contributed by atoms with Gasteiger partial charge in [0.1, 0.15) is 23.9 Å². The average molecular weight is 407 g/mol. The highest BCUT2D eigenvalue weighted by Crippen LogP contribution is 2.41. The molecule has 2 aromatic carbocycles. The van der Waals surface area contributed by atoms with Crippen LogP contribution in [-0.4, -0.2) is 42.0 Å². The first-order valence-corrected chi connectivity index (χ1v) is 9.78. The standard InChI is InChI=1S/C24H25NO5/c1-4-13-25-21(16-9-8-10-17(15-16)30-14-5-2)20(23(27)24(25)28)22(26)18-11-6-7-12-19(18)29-3/h5-12,15,21,26H,2,4,13-14H2,1,3H3/b22-20-. The zero-order valence-electron chi connectivity index (χ0n) is 17.1. The average Bonchev–Trinajstić information content (AvgIpc) is 3.02. The van der Waals surface area contributed by atoms with Gasteiger partial charge in [-0.15, -0.1) is 0 Å². The van der Waals surface area contributed by atoms with Gasteiger partial charge in [0.2, 0.25) is 0 Å². The molecule has 6 nitrogen and oxygen atoms in total. The van der Waals surface area contributed by atoms with E-state index < -0.39 is 17.7 Å². The predicted octanol–water partition coefficient (Wildman–Crippen LogP) is 4.09. The molecule has 0 radical (unpaired) electrons. The Balaban J connectivity index is 2.18. The van der Waals surface area contributed by atoms with E-state index in [2.05, 4.69) is 6.58 Å². The van der Waals surface area contributed by atoms with Crippen molar-refractivity contribution in [3.8, 4) is 11.5 Å². The van der Waals surface area contributed by atoms with Gasteiger partial charge in [0, 0.05) is 6.54 Å². The van der Waals surface area contributed by atoms with Crippen LogP contribution in [0.5, 0.6) is 11.5 Å². The van der Waals surface area contributed by atoms with E-state index >= 15 is 0 Å². The van der Waals surface area contributed by atoms with E-state index in [4.69, 9.17) is 9.47 Å². The molecule has 2 aromatic rings. The summed E-state index contributed by atoms with van der Waals surface area (Å²) in [5.74, 6) is -0.595. The molecule has 0 bridgehead atoms. The van der Waals surface area contributed by atoms with E-state index in [1.807, 2.05) is 13.0 Å². The number of carbonyl (C=O) groups is 2. The third kappa shape index (κ3) is 3.94. The molecule has 1 fully saturated rings. The van der Waals surface area contributed by atoms with Crippen molar-refractivity contribution >= 4 is 17.4 Å². The summed E-state index contributed by atoms with van der Waals surface area (Å²) in [6.45, 7) is 6.29. The number of amides is 1. The van der Waals surface area contributed by atoms with Crippen molar-refractivity contribution < 1.29 is 24.2 Å². The Kier molecular flexibility index (Phi) is 6.57. The lowest BCUT2D eigenvalue weighted by atomic mass is 9.95. The summed E-state index contributed by atoms with van der Waals surface area (Å²) in [6, 6.07) is 13.3. The van der Waals surface area contributed by atoms with E-state index in [1.54, 1.807) is 48.5 Å². The van der Waals surface area contributed by atoms with Gasteiger partial charge in [-0.1, -0.05) is 43.8 Å². The van der Waals surface area contributed by atoms with Crippen LogP contribution in [-0.2, 0) is 9.59 Å². The van der Waals surface area contributed by atoms with Crippen LogP contribution in [0.25, 0.3) is 5.76 Å². The minimum atomic E-state index is -0.720. The Morgan fingerprint density at radius 1 is 1.20 bits per heavy atom. The number of ether oxygens (including phenoxy) is 2. The Labute approximate surface area is 176 Å². The van der Waals surface area contributed by atoms with Gasteiger partial charge >= 0.3 is 0 Å². The third-order valence-corrected chi connectivity index (χ3v) is 4.91. The maximum absolute atomic E-state index is 13.0. The smallest absolute Gasteiger partial charge is 0.295 e. The lowest BCUT2D eigenvalue weighted by Gasteiger charge is -2.25. The molecule has 1 aliphatic heterocycles. The first-order valence-electron chi connectivity index (χ1n) is 9.78. The molecular weight excluding hydrogens is 382 g/mol. The minimum Gasteiger partial charge on any atom is -0.507 e. The molecular formula is C24H25NO5. The topological polar surface area (TPSA) is 76.1 Å². The summed E-state index contributed by atoms with van der Waals surface area (Å²) >= 11 is 0. The third-order valence-electron chi connectivity index (χ3n) is 4.91. The molecule has 1 amide bonds. The summed E-state index contributed by atoms with van der Waals surface area (Å²) in [6.07, 6.45) is 2.31. The molecule has 1 aliphatic rings. The second-order valence-corrected chi connectivity index (χ2v) is 6.86. The van der Waals surface area contributed by atoms with Crippen LogP contribution in [0.2, 0.25) is 0 Å². The van der Waals surface area contributed by atoms with Crippen molar-refractivity contribution in [2.75, 3.05) is 20.3 Å².